The monoisotopic (exact) mass is 302 g/mol. The SMILES string of the molecule is CN1C(=O)CCc2cc(C(=O)OCc3n[nH]c(=O)[nH]3)ccc21. The molecule has 1 amide bonds. The number of fused-ring (bicyclic) bond motifs is 1. The molecule has 2 heterocycles. The summed E-state index contributed by atoms with van der Waals surface area (Å²) in [4.78, 5) is 38.5. The number of aryl methyl sites for hydroxylation is 1. The van der Waals surface area contributed by atoms with Crippen molar-refractivity contribution in [2.75, 3.05) is 11.9 Å². The van der Waals surface area contributed by atoms with E-state index in [9.17, 15) is 14.4 Å². The molecule has 22 heavy (non-hydrogen) atoms. The van der Waals surface area contributed by atoms with E-state index in [0.717, 1.165) is 11.3 Å². The van der Waals surface area contributed by atoms with Crippen LogP contribution in [-0.2, 0) is 22.6 Å². The Morgan fingerprint density at radius 2 is 2.18 bits per heavy atom. The van der Waals surface area contributed by atoms with Gasteiger partial charge in [0.1, 0.15) is 0 Å². The number of nitrogens with one attached hydrogen (secondary N) is 2. The van der Waals surface area contributed by atoms with Crippen LogP contribution in [0.5, 0.6) is 0 Å². The van der Waals surface area contributed by atoms with Gasteiger partial charge in [-0.05, 0) is 30.2 Å². The van der Waals surface area contributed by atoms with E-state index in [2.05, 4.69) is 15.2 Å². The molecule has 1 aliphatic rings. The van der Waals surface area contributed by atoms with Gasteiger partial charge in [0, 0.05) is 19.2 Å². The molecule has 0 radical (unpaired) electrons. The van der Waals surface area contributed by atoms with Crippen LogP contribution in [0.1, 0.15) is 28.2 Å². The fourth-order valence-electron chi connectivity index (χ4n) is 2.37. The second kappa shape index (κ2) is 5.47. The third-order valence-corrected chi connectivity index (χ3v) is 3.55. The molecule has 0 saturated carbocycles. The molecule has 0 spiro atoms. The van der Waals surface area contributed by atoms with Crippen molar-refractivity contribution in [1.29, 1.82) is 0 Å². The molecular weight excluding hydrogens is 288 g/mol. The van der Waals surface area contributed by atoms with Gasteiger partial charge >= 0.3 is 11.7 Å². The average Bonchev–Trinajstić information content (AvgIpc) is 2.94. The number of hydrogen-bond donors (Lipinski definition) is 2. The van der Waals surface area contributed by atoms with Gasteiger partial charge in [0.15, 0.2) is 12.4 Å². The molecule has 0 aliphatic carbocycles. The molecule has 0 fully saturated rings. The second-order valence-corrected chi connectivity index (χ2v) is 5.00. The standard InChI is InChI=1S/C14H14N4O4/c1-18-10-4-2-9(6-8(10)3-5-12(18)19)13(20)22-7-11-15-14(21)17-16-11/h2,4,6H,3,5,7H2,1H3,(H2,15,16,17,21). The molecule has 2 aromatic rings. The number of anilines is 1. The summed E-state index contributed by atoms with van der Waals surface area (Å²) in [7, 11) is 1.71. The summed E-state index contributed by atoms with van der Waals surface area (Å²) < 4.78 is 5.09. The molecule has 8 heteroatoms. The lowest BCUT2D eigenvalue weighted by Gasteiger charge is -2.25. The number of amides is 1. The number of rotatable bonds is 3. The summed E-state index contributed by atoms with van der Waals surface area (Å²) in [5, 5.41) is 5.85. The lowest BCUT2D eigenvalue weighted by molar-refractivity contribution is -0.118. The van der Waals surface area contributed by atoms with Crippen molar-refractivity contribution in [2.45, 2.75) is 19.4 Å². The highest BCUT2D eigenvalue weighted by Gasteiger charge is 2.22. The maximum absolute atomic E-state index is 12.0. The minimum atomic E-state index is -0.508. The van der Waals surface area contributed by atoms with Gasteiger partial charge in [-0.1, -0.05) is 0 Å². The molecular formula is C14H14N4O4. The Morgan fingerprint density at radius 3 is 2.91 bits per heavy atom. The van der Waals surface area contributed by atoms with Gasteiger partial charge in [0.05, 0.1) is 5.56 Å². The van der Waals surface area contributed by atoms with E-state index in [1.165, 1.54) is 0 Å². The summed E-state index contributed by atoms with van der Waals surface area (Å²) in [5.41, 5.74) is 1.70. The Hall–Kier alpha value is -2.90. The fraction of sp³-hybridized carbons (Fsp3) is 0.286. The first kappa shape index (κ1) is 14.1. The first-order valence-electron chi connectivity index (χ1n) is 6.75. The predicted octanol–water partition coefficient (Wildman–Crippen LogP) is 0.364. The van der Waals surface area contributed by atoms with E-state index < -0.39 is 11.7 Å². The van der Waals surface area contributed by atoms with Crippen molar-refractivity contribution in [3.8, 4) is 0 Å². The quantitative estimate of drug-likeness (QED) is 0.796. The van der Waals surface area contributed by atoms with Crippen molar-refractivity contribution in [2.24, 2.45) is 0 Å². The van der Waals surface area contributed by atoms with Gasteiger partial charge in [0.2, 0.25) is 5.91 Å². The van der Waals surface area contributed by atoms with E-state index >= 15 is 0 Å². The Labute approximate surface area is 125 Å². The number of aromatic nitrogens is 3. The van der Waals surface area contributed by atoms with Gasteiger partial charge in [0.25, 0.3) is 0 Å². The lowest BCUT2D eigenvalue weighted by Crippen LogP contribution is -2.31. The highest BCUT2D eigenvalue weighted by atomic mass is 16.5. The molecule has 8 nitrogen and oxygen atoms in total. The average molecular weight is 302 g/mol. The minimum Gasteiger partial charge on any atom is -0.454 e. The van der Waals surface area contributed by atoms with Crippen LogP contribution < -0.4 is 10.6 Å². The summed E-state index contributed by atoms with van der Waals surface area (Å²) in [5.74, 6) is -0.196. The van der Waals surface area contributed by atoms with Gasteiger partial charge < -0.3 is 9.64 Å². The summed E-state index contributed by atoms with van der Waals surface area (Å²) in [6.45, 7) is -0.118. The molecule has 1 aromatic carbocycles. The van der Waals surface area contributed by atoms with E-state index in [1.807, 2.05) is 0 Å². The highest BCUT2D eigenvalue weighted by molar-refractivity contribution is 5.97. The normalized spacial score (nSPS) is 13.9. The van der Waals surface area contributed by atoms with Crippen molar-refractivity contribution in [3.05, 3.63) is 45.6 Å². The number of carbonyl (C=O) groups is 2. The third-order valence-electron chi connectivity index (χ3n) is 3.55. The topological polar surface area (TPSA) is 108 Å². The molecule has 0 bridgehead atoms. The van der Waals surface area contributed by atoms with Gasteiger partial charge in [-0.2, -0.15) is 5.10 Å². The van der Waals surface area contributed by atoms with Gasteiger partial charge in [-0.15, -0.1) is 0 Å². The lowest BCUT2D eigenvalue weighted by atomic mass is 9.99. The minimum absolute atomic E-state index is 0.0605. The van der Waals surface area contributed by atoms with Crippen LogP contribution in [0.15, 0.2) is 23.0 Å². The second-order valence-electron chi connectivity index (χ2n) is 5.00. The zero-order chi connectivity index (χ0) is 15.7. The van der Waals surface area contributed by atoms with Crippen molar-refractivity contribution in [1.82, 2.24) is 15.2 Å². The fourth-order valence-corrected chi connectivity index (χ4v) is 2.37. The van der Waals surface area contributed by atoms with Crippen LogP contribution in [0.4, 0.5) is 5.69 Å². The summed E-state index contributed by atoms with van der Waals surface area (Å²) >= 11 is 0. The Morgan fingerprint density at radius 1 is 1.36 bits per heavy atom. The molecule has 0 unspecified atom stereocenters. The number of ether oxygens (including phenoxy) is 1. The van der Waals surface area contributed by atoms with Crippen molar-refractivity contribution in [3.63, 3.8) is 0 Å². The Kier molecular flexibility index (Phi) is 3.50. The number of esters is 1. The van der Waals surface area contributed by atoms with E-state index in [4.69, 9.17) is 4.74 Å². The number of aromatic amines is 2. The van der Waals surface area contributed by atoms with Crippen LogP contribution in [0.2, 0.25) is 0 Å². The van der Waals surface area contributed by atoms with Crippen LogP contribution in [0.25, 0.3) is 0 Å². The largest absolute Gasteiger partial charge is 0.454 e. The van der Waals surface area contributed by atoms with Crippen LogP contribution in [0.3, 0.4) is 0 Å². The number of benzene rings is 1. The van der Waals surface area contributed by atoms with E-state index in [1.54, 1.807) is 30.1 Å². The van der Waals surface area contributed by atoms with Crippen LogP contribution in [0, 0.1) is 0 Å². The van der Waals surface area contributed by atoms with E-state index in [0.29, 0.717) is 18.4 Å². The number of nitrogens with zero attached hydrogens (tertiary/aromatic N) is 2. The molecule has 0 atom stereocenters. The predicted molar refractivity (Wildman–Crippen MR) is 76.5 cm³/mol. The molecule has 3 rings (SSSR count). The first-order chi connectivity index (χ1) is 10.5. The summed E-state index contributed by atoms with van der Waals surface area (Å²) in [6, 6.07) is 5.08. The molecule has 114 valence electrons. The van der Waals surface area contributed by atoms with Crippen LogP contribution >= 0.6 is 0 Å². The number of H-pyrrole nitrogens is 2. The maximum atomic E-state index is 12.0. The smallest absolute Gasteiger partial charge is 0.340 e. The first-order valence-corrected chi connectivity index (χ1v) is 6.75. The number of carbonyl (C=O) groups excluding carboxylic acids is 2. The molecule has 1 aromatic heterocycles. The van der Waals surface area contributed by atoms with E-state index in [-0.39, 0.29) is 18.3 Å². The number of hydrogen-bond acceptors (Lipinski definition) is 5. The molecule has 0 saturated heterocycles. The molecule has 2 N–H and O–H groups in total. The van der Waals surface area contributed by atoms with Gasteiger partial charge in [-0.3, -0.25) is 9.78 Å². The third kappa shape index (κ3) is 2.62. The summed E-state index contributed by atoms with van der Waals surface area (Å²) in [6.07, 6.45) is 1.03. The Bertz CT molecular complexity index is 792. The van der Waals surface area contributed by atoms with Crippen molar-refractivity contribution >= 4 is 17.6 Å². The highest BCUT2D eigenvalue weighted by Crippen LogP contribution is 2.27. The van der Waals surface area contributed by atoms with Gasteiger partial charge in [-0.25, -0.2) is 14.7 Å². The maximum Gasteiger partial charge on any atom is 0.340 e. The molecule has 1 aliphatic heterocycles. The van der Waals surface area contributed by atoms with Crippen LogP contribution in [-0.4, -0.2) is 34.1 Å². The zero-order valence-electron chi connectivity index (χ0n) is 11.9. The zero-order valence-corrected chi connectivity index (χ0v) is 11.9. The Balaban J connectivity index is 1.73. The van der Waals surface area contributed by atoms with Crippen molar-refractivity contribution < 1.29 is 14.3 Å².